The lowest BCUT2D eigenvalue weighted by Crippen LogP contribution is -2.47. The van der Waals surface area contributed by atoms with E-state index in [-0.39, 0.29) is 18.3 Å². The minimum absolute atomic E-state index is 0.0860. The largest absolute Gasteiger partial charge is 0.467 e. The molecule has 2 atom stereocenters. The molecule has 0 radical (unpaired) electrons. The number of carbonyl (C=O) groups excluding carboxylic acids is 4. The molecule has 0 aliphatic carbocycles. The van der Waals surface area contributed by atoms with Gasteiger partial charge in [-0.1, -0.05) is 20.3 Å². The molecule has 1 aliphatic rings. The van der Waals surface area contributed by atoms with E-state index in [9.17, 15) is 19.2 Å². The number of benzene rings is 1. The van der Waals surface area contributed by atoms with Gasteiger partial charge in [0.25, 0.3) is 11.8 Å². The fourth-order valence-electron chi connectivity index (χ4n) is 2.50. The van der Waals surface area contributed by atoms with Crippen molar-refractivity contribution in [2.24, 2.45) is 5.92 Å². The van der Waals surface area contributed by atoms with E-state index in [1.165, 1.54) is 19.2 Å². The van der Waals surface area contributed by atoms with Crippen LogP contribution in [0.15, 0.2) is 18.2 Å². The van der Waals surface area contributed by atoms with Crippen molar-refractivity contribution in [3.05, 3.63) is 23.8 Å². The number of esters is 2. The van der Waals surface area contributed by atoms with Crippen LogP contribution in [-0.2, 0) is 23.9 Å². The third-order valence-corrected chi connectivity index (χ3v) is 4.38. The van der Waals surface area contributed by atoms with Crippen molar-refractivity contribution in [2.45, 2.75) is 26.3 Å². The minimum atomic E-state index is -0.832. The molecule has 0 fully saturated rings. The second-order valence-electron chi connectivity index (χ2n) is 6.37. The summed E-state index contributed by atoms with van der Waals surface area (Å²) in [6, 6.07) is 3.79. The first kappa shape index (κ1) is 22.0. The summed E-state index contributed by atoms with van der Waals surface area (Å²) in [7, 11) is 1.23. The second-order valence-corrected chi connectivity index (χ2v) is 6.37. The van der Waals surface area contributed by atoms with E-state index in [0.717, 1.165) is 0 Å². The first-order valence-corrected chi connectivity index (χ1v) is 9.06. The number of ether oxygens (including phenoxy) is 4. The maximum atomic E-state index is 12.1. The van der Waals surface area contributed by atoms with Gasteiger partial charge < -0.3 is 29.6 Å². The Bertz CT molecular complexity index is 779. The molecule has 1 heterocycles. The zero-order valence-corrected chi connectivity index (χ0v) is 16.5. The highest BCUT2D eigenvalue weighted by atomic mass is 16.7. The molecule has 29 heavy (non-hydrogen) atoms. The number of nitrogens with one attached hydrogen (secondary N) is 2. The molecule has 2 rings (SSSR count). The summed E-state index contributed by atoms with van der Waals surface area (Å²) in [6.07, 6.45) is 0.645. The van der Waals surface area contributed by atoms with Crippen molar-refractivity contribution in [2.75, 3.05) is 27.1 Å². The van der Waals surface area contributed by atoms with Crippen LogP contribution >= 0.6 is 0 Å². The number of hydrogen-bond acceptors (Lipinski definition) is 8. The van der Waals surface area contributed by atoms with Gasteiger partial charge in [0.15, 0.2) is 18.1 Å². The van der Waals surface area contributed by atoms with E-state index < -0.39 is 42.9 Å². The van der Waals surface area contributed by atoms with Crippen LogP contribution < -0.4 is 20.1 Å². The maximum Gasteiger partial charge on any atom is 0.328 e. The topological polar surface area (TPSA) is 129 Å². The van der Waals surface area contributed by atoms with Gasteiger partial charge >= 0.3 is 11.9 Å². The average Bonchev–Trinajstić information content (AvgIpc) is 3.21. The summed E-state index contributed by atoms with van der Waals surface area (Å²) < 4.78 is 19.9. The number of amides is 2. The number of hydrogen-bond donors (Lipinski definition) is 2. The van der Waals surface area contributed by atoms with Gasteiger partial charge in [0.05, 0.1) is 7.11 Å². The van der Waals surface area contributed by atoms with Crippen molar-refractivity contribution in [1.29, 1.82) is 0 Å². The highest BCUT2D eigenvalue weighted by Crippen LogP contribution is 2.32. The van der Waals surface area contributed by atoms with Crippen molar-refractivity contribution < 1.29 is 38.1 Å². The summed E-state index contributed by atoms with van der Waals surface area (Å²) in [5.74, 6) is -1.69. The standard InChI is InChI=1S/C19H24N2O8/c1-4-11(2)17(19(25)26-3)21-15(22)9-27-16(23)8-20-18(24)12-5-6-13-14(7-12)29-10-28-13/h5-7,11,17H,4,8-10H2,1-3H3,(H,20,24)(H,21,22)/t11-,17+/m1/s1. The SMILES string of the molecule is CC[C@@H](C)[C@H](NC(=O)COC(=O)CNC(=O)c1ccc2c(c1)OCO2)C(=O)OC. The third kappa shape index (κ3) is 6.09. The van der Waals surface area contributed by atoms with Crippen LogP contribution in [0.5, 0.6) is 11.5 Å². The van der Waals surface area contributed by atoms with E-state index in [1.54, 1.807) is 13.0 Å². The highest BCUT2D eigenvalue weighted by Gasteiger charge is 2.27. The lowest BCUT2D eigenvalue weighted by Gasteiger charge is -2.21. The van der Waals surface area contributed by atoms with Crippen LogP contribution in [0.25, 0.3) is 0 Å². The van der Waals surface area contributed by atoms with Gasteiger partial charge in [-0.15, -0.1) is 0 Å². The van der Waals surface area contributed by atoms with Gasteiger partial charge in [-0.05, 0) is 24.1 Å². The maximum absolute atomic E-state index is 12.1. The monoisotopic (exact) mass is 408 g/mol. The Morgan fingerprint density at radius 1 is 1.17 bits per heavy atom. The zero-order valence-electron chi connectivity index (χ0n) is 16.5. The van der Waals surface area contributed by atoms with Gasteiger partial charge in [-0.3, -0.25) is 14.4 Å². The average molecular weight is 408 g/mol. The summed E-state index contributed by atoms with van der Waals surface area (Å²) in [5, 5.41) is 4.88. The van der Waals surface area contributed by atoms with Crippen LogP contribution in [0.2, 0.25) is 0 Å². The van der Waals surface area contributed by atoms with Gasteiger partial charge in [0.2, 0.25) is 6.79 Å². The summed E-state index contributed by atoms with van der Waals surface area (Å²) >= 11 is 0. The Morgan fingerprint density at radius 2 is 1.90 bits per heavy atom. The molecule has 0 spiro atoms. The van der Waals surface area contributed by atoms with Crippen LogP contribution in [0.1, 0.15) is 30.6 Å². The Balaban J connectivity index is 1.76. The number of fused-ring (bicyclic) bond motifs is 1. The predicted molar refractivity (Wildman–Crippen MR) is 99.3 cm³/mol. The molecule has 10 nitrogen and oxygen atoms in total. The Morgan fingerprint density at radius 3 is 2.59 bits per heavy atom. The molecule has 2 N–H and O–H groups in total. The van der Waals surface area contributed by atoms with Crippen molar-refractivity contribution in [3.8, 4) is 11.5 Å². The molecule has 2 amide bonds. The number of carbonyl (C=O) groups is 4. The quantitative estimate of drug-likeness (QED) is 0.562. The predicted octanol–water partition coefficient (Wildman–Crippen LogP) is 0.392. The zero-order chi connectivity index (χ0) is 21.4. The van der Waals surface area contributed by atoms with Crippen molar-refractivity contribution in [1.82, 2.24) is 10.6 Å². The minimum Gasteiger partial charge on any atom is -0.467 e. The molecule has 158 valence electrons. The lowest BCUT2D eigenvalue weighted by atomic mass is 9.99. The van der Waals surface area contributed by atoms with E-state index in [0.29, 0.717) is 17.9 Å². The normalized spacial score (nSPS) is 13.8. The van der Waals surface area contributed by atoms with Crippen molar-refractivity contribution in [3.63, 3.8) is 0 Å². The van der Waals surface area contributed by atoms with Crippen LogP contribution in [-0.4, -0.2) is 56.8 Å². The Hall–Kier alpha value is -3.30. The van der Waals surface area contributed by atoms with Crippen LogP contribution in [0.3, 0.4) is 0 Å². The van der Waals surface area contributed by atoms with Gasteiger partial charge in [0.1, 0.15) is 12.6 Å². The van der Waals surface area contributed by atoms with E-state index in [1.807, 2.05) is 6.92 Å². The molecule has 0 aromatic heterocycles. The third-order valence-electron chi connectivity index (χ3n) is 4.38. The van der Waals surface area contributed by atoms with Crippen LogP contribution in [0.4, 0.5) is 0 Å². The molecule has 0 saturated carbocycles. The number of methoxy groups -OCH3 is 1. The number of rotatable bonds is 9. The molecule has 0 saturated heterocycles. The van der Waals surface area contributed by atoms with Crippen LogP contribution in [0, 0.1) is 5.92 Å². The summed E-state index contributed by atoms with van der Waals surface area (Å²) in [6.45, 7) is 2.74. The molecule has 0 unspecified atom stereocenters. The first-order chi connectivity index (χ1) is 13.8. The van der Waals surface area contributed by atoms with Gasteiger partial charge in [-0.2, -0.15) is 0 Å². The fourth-order valence-corrected chi connectivity index (χ4v) is 2.50. The summed E-state index contributed by atoms with van der Waals surface area (Å²) in [5.41, 5.74) is 0.286. The Labute approximate surface area is 167 Å². The van der Waals surface area contributed by atoms with E-state index >= 15 is 0 Å². The van der Waals surface area contributed by atoms with Gasteiger partial charge in [0, 0.05) is 5.56 Å². The molecular weight excluding hydrogens is 384 g/mol. The molecule has 0 bridgehead atoms. The first-order valence-electron chi connectivity index (χ1n) is 9.06. The van der Waals surface area contributed by atoms with Crippen molar-refractivity contribution >= 4 is 23.8 Å². The van der Waals surface area contributed by atoms with E-state index in [2.05, 4.69) is 15.4 Å². The lowest BCUT2D eigenvalue weighted by molar-refractivity contribution is -0.150. The molecule has 1 aromatic rings. The Kier molecular flexibility index (Phi) is 7.81. The molecular formula is C19H24N2O8. The smallest absolute Gasteiger partial charge is 0.328 e. The highest BCUT2D eigenvalue weighted by molar-refractivity contribution is 5.96. The van der Waals surface area contributed by atoms with Gasteiger partial charge in [-0.25, -0.2) is 4.79 Å². The molecule has 10 heteroatoms. The van der Waals surface area contributed by atoms with E-state index in [4.69, 9.17) is 14.2 Å². The fraction of sp³-hybridized carbons (Fsp3) is 0.474. The molecule has 1 aliphatic heterocycles. The summed E-state index contributed by atoms with van der Waals surface area (Å²) in [4.78, 5) is 47.6. The molecule has 1 aromatic carbocycles. The second kappa shape index (κ2) is 10.3.